The van der Waals surface area contributed by atoms with Gasteiger partial charge in [-0.05, 0) is 36.2 Å². The maximum absolute atomic E-state index is 14.4. The molecule has 0 aliphatic heterocycles. The lowest BCUT2D eigenvalue weighted by Crippen LogP contribution is -2.28. The molecule has 3 rings (SSSR count). The van der Waals surface area contributed by atoms with Gasteiger partial charge in [0.2, 0.25) is 0 Å². The first kappa shape index (κ1) is 19.5. The van der Waals surface area contributed by atoms with E-state index in [0.29, 0.717) is 17.3 Å². The Kier molecular flexibility index (Phi) is 5.18. The van der Waals surface area contributed by atoms with E-state index in [1.807, 2.05) is 31.2 Å². The Morgan fingerprint density at radius 2 is 1.71 bits per heavy atom. The summed E-state index contributed by atoms with van der Waals surface area (Å²) < 4.78 is 53.3. The van der Waals surface area contributed by atoms with E-state index >= 15 is 0 Å². The highest BCUT2D eigenvalue weighted by molar-refractivity contribution is 6.08. The van der Waals surface area contributed by atoms with Gasteiger partial charge in [-0.3, -0.25) is 9.78 Å². The maximum atomic E-state index is 14.4. The second-order valence-electron chi connectivity index (χ2n) is 6.24. The molecule has 0 saturated carbocycles. The van der Waals surface area contributed by atoms with Gasteiger partial charge in [-0.25, -0.2) is 4.39 Å². The van der Waals surface area contributed by atoms with Gasteiger partial charge in [0.1, 0.15) is 5.82 Å². The van der Waals surface area contributed by atoms with Gasteiger partial charge < -0.3 is 4.90 Å². The second kappa shape index (κ2) is 7.42. The predicted octanol–water partition coefficient (Wildman–Crippen LogP) is 5.49. The quantitative estimate of drug-likeness (QED) is 0.556. The molecule has 28 heavy (non-hydrogen) atoms. The number of amides is 1. The lowest BCUT2D eigenvalue weighted by Gasteiger charge is -2.22. The molecule has 0 aliphatic rings. The zero-order valence-electron chi connectivity index (χ0n) is 15.1. The fraction of sp³-hybridized carbons (Fsp3) is 0.143. The highest BCUT2D eigenvalue weighted by Gasteiger charge is 2.36. The first-order valence-electron chi connectivity index (χ1n) is 8.35. The lowest BCUT2D eigenvalue weighted by atomic mass is 9.99. The van der Waals surface area contributed by atoms with E-state index in [1.54, 1.807) is 12.3 Å². The number of rotatable bonds is 3. The second-order valence-corrected chi connectivity index (χ2v) is 6.24. The fourth-order valence-corrected chi connectivity index (χ4v) is 2.96. The molecule has 0 aliphatic carbocycles. The molecule has 0 spiro atoms. The molecule has 0 radical (unpaired) electrons. The third-order valence-electron chi connectivity index (χ3n) is 4.44. The molecular formula is C21H16F4N2O. The number of carbonyl (C=O) groups is 1. The van der Waals surface area contributed by atoms with Crippen LogP contribution >= 0.6 is 0 Å². The van der Waals surface area contributed by atoms with Crippen molar-refractivity contribution >= 4 is 11.6 Å². The summed E-state index contributed by atoms with van der Waals surface area (Å²) in [5.74, 6) is -2.49. The number of halogens is 4. The van der Waals surface area contributed by atoms with Gasteiger partial charge in [-0.2, -0.15) is 13.2 Å². The van der Waals surface area contributed by atoms with E-state index in [1.165, 1.54) is 13.2 Å². The first-order chi connectivity index (χ1) is 13.2. The summed E-state index contributed by atoms with van der Waals surface area (Å²) in [6, 6.07) is 11.8. The number of hydrogen-bond acceptors (Lipinski definition) is 2. The van der Waals surface area contributed by atoms with Gasteiger partial charge in [0, 0.05) is 18.8 Å². The zero-order valence-corrected chi connectivity index (χ0v) is 15.1. The molecular weight excluding hydrogens is 372 g/mol. The average molecular weight is 388 g/mol. The third kappa shape index (κ3) is 3.60. The molecule has 7 heteroatoms. The van der Waals surface area contributed by atoms with Crippen LogP contribution in [0.25, 0.3) is 11.1 Å². The van der Waals surface area contributed by atoms with Crippen molar-refractivity contribution in [3.8, 4) is 11.1 Å². The van der Waals surface area contributed by atoms with Crippen LogP contribution in [0.3, 0.4) is 0 Å². The minimum Gasteiger partial charge on any atom is -0.309 e. The van der Waals surface area contributed by atoms with E-state index in [4.69, 9.17) is 0 Å². The van der Waals surface area contributed by atoms with Gasteiger partial charge in [0.15, 0.2) is 0 Å². The SMILES string of the molecule is Cc1ccccc1-c1ccncc1N(C)C(=O)c1cccc(C(F)(F)F)c1F. The number of pyridine rings is 1. The molecule has 3 nitrogen and oxygen atoms in total. The van der Waals surface area contributed by atoms with Crippen LogP contribution in [-0.2, 0) is 6.18 Å². The number of anilines is 1. The third-order valence-corrected chi connectivity index (χ3v) is 4.44. The Bertz CT molecular complexity index is 1030. The van der Waals surface area contributed by atoms with Gasteiger partial charge in [-0.1, -0.05) is 30.3 Å². The van der Waals surface area contributed by atoms with E-state index in [-0.39, 0.29) is 0 Å². The Balaban J connectivity index is 2.07. The largest absolute Gasteiger partial charge is 0.419 e. The molecule has 0 unspecified atom stereocenters. The molecule has 0 fully saturated rings. The Hall–Kier alpha value is -3.22. The molecule has 2 aromatic carbocycles. The van der Waals surface area contributed by atoms with Crippen LogP contribution in [0.5, 0.6) is 0 Å². The molecule has 0 bridgehead atoms. The molecule has 0 N–H and O–H groups in total. The monoisotopic (exact) mass is 388 g/mol. The number of aryl methyl sites for hydroxylation is 1. The lowest BCUT2D eigenvalue weighted by molar-refractivity contribution is -0.140. The fourth-order valence-electron chi connectivity index (χ4n) is 2.96. The highest BCUT2D eigenvalue weighted by Crippen LogP contribution is 2.35. The van der Waals surface area contributed by atoms with Crippen molar-refractivity contribution in [2.24, 2.45) is 0 Å². The summed E-state index contributed by atoms with van der Waals surface area (Å²) in [4.78, 5) is 17.9. The van der Waals surface area contributed by atoms with Crippen LogP contribution in [0.1, 0.15) is 21.5 Å². The van der Waals surface area contributed by atoms with E-state index < -0.39 is 29.0 Å². The van der Waals surface area contributed by atoms with Crippen molar-refractivity contribution < 1.29 is 22.4 Å². The van der Waals surface area contributed by atoms with Crippen LogP contribution < -0.4 is 4.90 Å². The van der Waals surface area contributed by atoms with Crippen LogP contribution in [0, 0.1) is 12.7 Å². The minimum atomic E-state index is -4.89. The highest BCUT2D eigenvalue weighted by atomic mass is 19.4. The molecule has 0 atom stereocenters. The number of carbonyl (C=O) groups excluding carboxylic acids is 1. The minimum absolute atomic E-state index is 0.360. The number of alkyl halides is 3. The van der Waals surface area contributed by atoms with E-state index in [2.05, 4.69) is 4.98 Å². The van der Waals surface area contributed by atoms with Gasteiger partial charge >= 0.3 is 6.18 Å². The Morgan fingerprint density at radius 3 is 2.39 bits per heavy atom. The number of aromatic nitrogens is 1. The zero-order chi connectivity index (χ0) is 20.5. The Morgan fingerprint density at radius 1 is 1.00 bits per heavy atom. The van der Waals surface area contributed by atoms with Crippen molar-refractivity contribution in [3.63, 3.8) is 0 Å². The molecule has 1 aromatic heterocycles. The van der Waals surface area contributed by atoms with Crippen LogP contribution in [-0.4, -0.2) is 17.9 Å². The smallest absolute Gasteiger partial charge is 0.309 e. The van der Waals surface area contributed by atoms with Crippen LogP contribution in [0.2, 0.25) is 0 Å². The topological polar surface area (TPSA) is 33.2 Å². The summed E-state index contributed by atoms with van der Waals surface area (Å²) in [6.07, 6.45) is -1.92. The Labute approximate surface area is 159 Å². The van der Waals surface area contributed by atoms with Gasteiger partial charge in [0.05, 0.1) is 23.0 Å². The number of benzene rings is 2. The number of nitrogens with zero attached hydrogens (tertiary/aromatic N) is 2. The van der Waals surface area contributed by atoms with Crippen molar-refractivity contribution in [3.05, 3.63) is 83.4 Å². The van der Waals surface area contributed by atoms with Crippen molar-refractivity contribution in [2.75, 3.05) is 11.9 Å². The summed E-state index contributed by atoms with van der Waals surface area (Å²) in [5, 5.41) is 0. The standard InChI is InChI=1S/C21H16F4N2O/c1-13-6-3-4-7-14(13)15-10-11-26-12-18(15)27(2)20(28)16-8-5-9-17(19(16)22)21(23,24)25/h3-12H,1-2H3. The maximum Gasteiger partial charge on any atom is 0.419 e. The molecule has 0 saturated heterocycles. The average Bonchev–Trinajstić information content (AvgIpc) is 2.66. The number of hydrogen-bond donors (Lipinski definition) is 0. The van der Waals surface area contributed by atoms with Crippen molar-refractivity contribution in [1.82, 2.24) is 4.98 Å². The van der Waals surface area contributed by atoms with E-state index in [0.717, 1.165) is 28.2 Å². The van der Waals surface area contributed by atoms with Crippen LogP contribution in [0.15, 0.2) is 60.9 Å². The summed E-state index contributed by atoms with van der Waals surface area (Å²) in [5.41, 5.74) is 0.675. The molecule has 1 amide bonds. The van der Waals surface area contributed by atoms with Crippen molar-refractivity contribution in [1.29, 1.82) is 0 Å². The predicted molar refractivity (Wildman–Crippen MR) is 98.5 cm³/mol. The van der Waals surface area contributed by atoms with E-state index in [9.17, 15) is 22.4 Å². The summed E-state index contributed by atoms with van der Waals surface area (Å²) in [6.45, 7) is 1.90. The van der Waals surface area contributed by atoms with Crippen LogP contribution in [0.4, 0.5) is 23.2 Å². The molecule has 3 aromatic rings. The molecule has 1 heterocycles. The summed E-state index contributed by atoms with van der Waals surface area (Å²) in [7, 11) is 1.38. The van der Waals surface area contributed by atoms with Gasteiger partial charge in [-0.15, -0.1) is 0 Å². The molecule has 144 valence electrons. The summed E-state index contributed by atoms with van der Waals surface area (Å²) >= 11 is 0. The normalized spacial score (nSPS) is 11.4. The van der Waals surface area contributed by atoms with Crippen molar-refractivity contribution in [2.45, 2.75) is 13.1 Å². The van der Waals surface area contributed by atoms with Gasteiger partial charge in [0.25, 0.3) is 5.91 Å². The first-order valence-corrected chi connectivity index (χ1v) is 8.35.